The summed E-state index contributed by atoms with van der Waals surface area (Å²) in [6, 6.07) is 12.6. The molecule has 1 saturated carbocycles. The van der Waals surface area contributed by atoms with Crippen LogP contribution in [0.4, 0.5) is 5.82 Å². The molecule has 1 aliphatic rings. The molecule has 3 aromatic heterocycles. The minimum Gasteiger partial charge on any atom is -0.361 e. The third-order valence-corrected chi connectivity index (χ3v) is 13.0. The van der Waals surface area contributed by atoms with E-state index in [0.29, 0.717) is 25.3 Å². The van der Waals surface area contributed by atoms with Gasteiger partial charge >= 0.3 is 0 Å². The molecular formula is C34H51BrN6O2Si2. The summed E-state index contributed by atoms with van der Waals surface area (Å²) in [6.07, 6.45) is 8.26. The second-order valence-corrected chi connectivity index (χ2v) is 27.1. The molecule has 0 saturated heterocycles. The van der Waals surface area contributed by atoms with E-state index < -0.39 is 16.1 Å². The van der Waals surface area contributed by atoms with E-state index in [1.54, 1.807) is 0 Å². The molecule has 8 nitrogen and oxygen atoms in total. The van der Waals surface area contributed by atoms with Crippen LogP contribution in [0.25, 0.3) is 27.7 Å². The number of nitrogens with two attached hydrogens (primary N) is 1. The normalized spacial score (nSPS) is 17.8. The monoisotopic (exact) mass is 710 g/mol. The van der Waals surface area contributed by atoms with Crippen molar-refractivity contribution in [3.63, 3.8) is 0 Å². The molecule has 0 radical (unpaired) electrons. The van der Waals surface area contributed by atoms with Crippen molar-refractivity contribution in [1.29, 1.82) is 0 Å². The van der Waals surface area contributed by atoms with Gasteiger partial charge in [-0.05, 0) is 78.3 Å². The number of ether oxygens (including phenoxy) is 2. The number of pyridine rings is 1. The average molecular weight is 712 g/mol. The van der Waals surface area contributed by atoms with Gasteiger partial charge in [-0.2, -0.15) is 9.61 Å². The molecule has 45 heavy (non-hydrogen) atoms. The second kappa shape index (κ2) is 14.7. The van der Waals surface area contributed by atoms with E-state index in [4.69, 9.17) is 30.3 Å². The van der Waals surface area contributed by atoms with Gasteiger partial charge in [0.15, 0.2) is 11.5 Å². The summed E-state index contributed by atoms with van der Waals surface area (Å²) >= 11 is 4.05. The van der Waals surface area contributed by atoms with Crippen molar-refractivity contribution in [2.45, 2.75) is 83.0 Å². The summed E-state index contributed by atoms with van der Waals surface area (Å²) in [5, 5.41) is 6.04. The van der Waals surface area contributed by atoms with Gasteiger partial charge < -0.3 is 20.1 Å². The van der Waals surface area contributed by atoms with Crippen LogP contribution < -0.4 is 10.6 Å². The lowest BCUT2D eigenvalue weighted by Crippen LogP contribution is -2.34. The van der Waals surface area contributed by atoms with Gasteiger partial charge in [0.1, 0.15) is 13.5 Å². The summed E-state index contributed by atoms with van der Waals surface area (Å²) in [5.41, 5.74) is 10.9. The Kier molecular flexibility index (Phi) is 11.2. The Labute approximate surface area is 279 Å². The van der Waals surface area contributed by atoms with Gasteiger partial charge in [0.05, 0.1) is 21.9 Å². The van der Waals surface area contributed by atoms with Gasteiger partial charge in [-0.15, -0.1) is 0 Å². The number of benzene rings is 1. The molecule has 1 fully saturated rings. The highest BCUT2D eigenvalue weighted by Crippen LogP contribution is 2.42. The maximum absolute atomic E-state index is 6.36. The topological polar surface area (TPSA) is 90.8 Å². The highest BCUT2D eigenvalue weighted by molar-refractivity contribution is 9.10. The zero-order chi connectivity index (χ0) is 32.2. The molecule has 0 atom stereocenters. The molecule has 4 aromatic rings. The largest absolute Gasteiger partial charge is 0.361 e. The van der Waals surface area contributed by atoms with Crippen LogP contribution in [-0.2, 0) is 9.47 Å². The first-order valence-corrected chi connectivity index (χ1v) is 24.7. The van der Waals surface area contributed by atoms with E-state index in [1.165, 1.54) is 0 Å². The van der Waals surface area contributed by atoms with Crippen LogP contribution in [0.15, 0.2) is 47.2 Å². The average Bonchev–Trinajstić information content (AvgIpc) is 3.42. The van der Waals surface area contributed by atoms with Gasteiger partial charge in [-0.3, -0.25) is 4.98 Å². The molecule has 2 N–H and O–H groups in total. The smallest absolute Gasteiger partial charge is 0.165 e. The number of fused-ring (bicyclic) bond motifs is 2. The number of nitrogens with zero attached hydrogens (tertiary/aromatic N) is 5. The number of rotatable bonds is 14. The van der Waals surface area contributed by atoms with E-state index >= 15 is 0 Å². The van der Waals surface area contributed by atoms with E-state index in [9.17, 15) is 0 Å². The third-order valence-electron chi connectivity index (χ3n) is 8.85. The number of hydrogen-bond acceptors (Lipinski definition) is 7. The maximum atomic E-state index is 6.36. The zero-order valence-electron chi connectivity index (χ0n) is 28.0. The molecule has 0 spiro atoms. The standard InChI is InChI=1S/C34H51BrN6O2Si2/c1-44(2,3)17-15-42-23-40(24-43-16-18-45(4,5)6)34-31(35)32(26-13-11-25(20-36)12-14-26)39-33-29(22-38-41(33)34)28-19-27-9-7-8-10-30(27)37-21-28/h7-10,19,21-22,25-26H,11-18,20,23-24,36H2,1-6H3. The van der Waals surface area contributed by atoms with E-state index in [1.807, 2.05) is 29.0 Å². The van der Waals surface area contributed by atoms with Crippen molar-refractivity contribution in [3.8, 4) is 11.1 Å². The fourth-order valence-corrected chi connectivity index (χ4v) is 8.22. The molecule has 1 aromatic carbocycles. The number of halogens is 1. The van der Waals surface area contributed by atoms with Gasteiger partial charge in [0.2, 0.25) is 0 Å². The Morgan fingerprint density at radius 1 is 0.933 bits per heavy atom. The third kappa shape index (κ3) is 8.81. The molecule has 244 valence electrons. The van der Waals surface area contributed by atoms with Gasteiger partial charge in [0, 0.05) is 58.0 Å². The summed E-state index contributed by atoms with van der Waals surface area (Å²) in [7, 11) is -2.46. The summed E-state index contributed by atoms with van der Waals surface area (Å²) in [4.78, 5) is 12.3. The molecule has 0 unspecified atom stereocenters. The van der Waals surface area contributed by atoms with Crippen molar-refractivity contribution in [3.05, 3.63) is 52.9 Å². The van der Waals surface area contributed by atoms with Crippen LogP contribution in [0, 0.1) is 5.92 Å². The lowest BCUT2D eigenvalue weighted by atomic mass is 9.80. The van der Waals surface area contributed by atoms with Gasteiger partial charge in [0.25, 0.3) is 0 Å². The first kappa shape index (κ1) is 34.2. The lowest BCUT2D eigenvalue weighted by molar-refractivity contribution is 0.0941. The second-order valence-electron chi connectivity index (χ2n) is 15.0. The van der Waals surface area contributed by atoms with Crippen LogP contribution in [-0.4, -0.2) is 68.9 Å². The minimum atomic E-state index is -1.23. The van der Waals surface area contributed by atoms with Crippen LogP contribution in [0.1, 0.15) is 37.3 Å². The lowest BCUT2D eigenvalue weighted by Gasteiger charge is -2.31. The molecule has 1 aliphatic carbocycles. The van der Waals surface area contributed by atoms with E-state index in [0.717, 1.165) is 101 Å². The highest BCUT2D eigenvalue weighted by atomic mass is 79.9. The van der Waals surface area contributed by atoms with Crippen molar-refractivity contribution in [2.75, 3.05) is 38.1 Å². The number of aromatic nitrogens is 4. The van der Waals surface area contributed by atoms with E-state index in [-0.39, 0.29) is 0 Å². The summed E-state index contributed by atoms with van der Waals surface area (Å²) < 4.78 is 15.7. The van der Waals surface area contributed by atoms with Crippen molar-refractivity contribution in [1.82, 2.24) is 19.6 Å². The first-order valence-electron chi connectivity index (χ1n) is 16.5. The first-order chi connectivity index (χ1) is 21.4. The predicted molar refractivity (Wildman–Crippen MR) is 196 cm³/mol. The molecule has 11 heteroatoms. The van der Waals surface area contributed by atoms with Crippen LogP contribution in [0.2, 0.25) is 51.4 Å². The quantitative estimate of drug-likeness (QED) is 0.0799. The van der Waals surface area contributed by atoms with Crippen LogP contribution in [0.5, 0.6) is 0 Å². The van der Waals surface area contributed by atoms with Crippen molar-refractivity contribution < 1.29 is 9.47 Å². The minimum absolute atomic E-state index is 0.339. The van der Waals surface area contributed by atoms with Crippen LogP contribution in [0.3, 0.4) is 0 Å². The van der Waals surface area contributed by atoms with Gasteiger partial charge in [-0.25, -0.2) is 4.98 Å². The molecule has 0 amide bonds. The Balaban J connectivity index is 1.57. The zero-order valence-corrected chi connectivity index (χ0v) is 31.6. The van der Waals surface area contributed by atoms with Crippen molar-refractivity contribution >= 4 is 54.4 Å². The Morgan fingerprint density at radius 2 is 1.58 bits per heavy atom. The van der Waals surface area contributed by atoms with Crippen LogP contribution >= 0.6 is 15.9 Å². The highest BCUT2D eigenvalue weighted by Gasteiger charge is 2.30. The Bertz CT molecular complexity index is 1550. The maximum Gasteiger partial charge on any atom is 0.165 e. The van der Waals surface area contributed by atoms with Gasteiger partial charge in [-0.1, -0.05) is 57.5 Å². The number of hydrogen-bond donors (Lipinski definition) is 1. The fourth-order valence-electron chi connectivity index (χ4n) is 5.88. The van der Waals surface area contributed by atoms with Crippen molar-refractivity contribution in [2.24, 2.45) is 11.7 Å². The molecule has 0 bridgehead atoms. The molecular weight excluding hydrogens is 660 g/mol. The number of para-hydroxylation sites is 1. The molecule has 0 aliphatic heterocycles. The number of anilines is 1. The van der Waals surface area contributed by atoms with E-state index in [2.05, 4.69) is 78.3 Å². The summed E-state index contributed by atoms with van der Waals surface area (Å²) in [6.45, 7) is 17.4. The molecule has 5 rings (SSSR count). The molecule has 3 heterocycles. The predicted octanol–water partition coefficient (Wildman–Crippen LogP) is 8.37. The SMILES string of the molecule is C[Si](C)(C)CCOCN(COCC[Si](C)(C)C)c1c(Br)c(C2CCC(CN)CC2)nc2c(-c3cnc4ccccc4c3)cnn12. The summed E-state index contributed by atoms with van der Waals surface area (Å²) in [5.74, 6) is 1.86. The fraction of sp³-hybridized carbons (Fsp3) is 0.559. The Hall–Kier alpha value is -2.16. The Morgan fingerprint density at radius 3 is 2.20 bits per heavy atom.